The Morgan fingerprint density at radius 3 is 2.86 bits per heavy atom. The van der Waals surface area contributed by atoms with Crippen LogP contribution < -0.4 is 5.32 Å². The Labute approximate surface area is 86.8 Å². The lowest BCUT2D eigenvalue weighted by Crippen LogP contribution is -2.54. The largest absolute Gasteiger partial charge is 0.388 e. The maximum Gasteiger partial charge on any atom is 0.0843 e. The molecule has 0 aromatic carbocycles. The summed E-state index contributed by atoms with van der Waals surface area (Å²) in [5.41, 5.74) is -0.574. The molecule has 1 fully saturated rings. The molecule has 3 heteroatoms. The summed E-state index contributed by atoms with van der Waals surface area (Å²) in [4.78, 5) is 0. The summed E-state index contributed by atoms with van der Waals surface area (Å²) in [7, 11) is 0. The second kappa shape index (κ2) is 5.10. The molecule has 0 aliphatic carbocycles. The van der Waals surface area contributed by atoms with Crippen molar-refractivity contribution in [3.63, 3.8) is 0 Å². The molecular formula is C11H23NO2. The van der Waals surface area contributed by atoms with E-state index in [0.717, 1.165) is 25.8 Å². The minimum absolute atomic E-state index is 0.158. The summed E-state index contributed by atoms with van der Waals surface area (Å²) in [6.45, 7) is 7.82. The normalized spacial score (nSPS) is 35.6. The van der Waals surface area contributed by atoms with E-state index >= 15 is 0 Å². The maximum absolute atomic E-state index is 10.4. The second-order valence-electron chi connectivity index (χ2n) is 4.24. The summed E-state index contributed by atoms with van der Waals surface area (Å²) >= 11 is 0. The van der Waals surface area contributed by atoms with Gasteiger partial charge in [-0.25, -0.2) is 0 Å². The van der Waals surface area contributed by atoms with E-state index in [4.69, 9.17) is 4.74 Å². The minimum Gasteiger partial charge on any atom is -0.388 e. The molecule has 0 radical (unpaired) electrons. The van der Waals surface area contributed by atoms with E-state index in [1.807, 2.05) is 0 Å². The molecule has 0 saturated carbocycles. The third-order valence-corrected chi connectivity index (χ3v) is 3.24. The van der Waals surface area contributed by atoms with Crippen molar-refractivity contribution in [2.45, 2.75) is 57.8 Å². The van der Waals surface area contributed by atoms with Gasteiger partial charge in [-0.2, -0.15) is 0 Å². The number of rotatable bonds is 4. The van der Waals surface area contributed by atoms with Gasteiger partial charge in [0.25, 0.3) is 0 Å². The van der Waals surface area contributed by atoms with E-state index in [9.17, 15) is 5.11 Å². The van der Waals surface area contributed by atoms with Crippen LogP contribution in [0.3, 0.4) is 0 Å². The van der Waals surface area contributed by atoms with Crippen LogP contribution in [0.4, 0.5) is 0 Å². The van der Waals surface area contributed by atoms with Gasteiger partial charge in [-0.3, -0.25) is 0 Å². The van der Waals surface area contributed by atoms with Gasteiger partial charge < -0.3 is 15.2 Å². The lowest BCUT2D eigenvalue weighted by Gasteiger charge is -2.41. The Bertz CT molecular complexity index is 175. The average molecular weight is 201 g/mol. The van der Waals surface area contributed by atoms with E-state index < -0.39 is 5.60 Å². The summed E-state index contributed by atoms with van der Waals surface area (Å²) in [5.74, 6) is 0. The molecule has 0 bridgehead atoms. The molecular weight excluding hydrogens is 178 g/mol. The topological polar surface area (TPSA) is 41.5 Å². The number of hydrogen-bond donors (Lipinski definition) is 2. The zero-order valence-corrected chi connectivity index (χ0v) is 9.55. The van der Waals surface area contributed by atoms with Crippen LogP contribution in [0.1, 0.15) is 40.0 Å². The molecule has 3 nitrogen and oxygen atoms in total. The van der Waals surface area contributed by atoms with Crippen LogP contribution in [-0.2, 0) is 4.74 Å². The molecule has 2 N–H and O–H groups in total. The first-order valence-electron chi connectivity index (χ1n) is 5.69. The summed E-state index contributed by atoms with van der Waals surface area (Å²) in [6.07, 6.45) is 2.73. The summed E-state index contributed by atoms with van der Waals surface area (Å²) in [5, 5.41) is 13.7. The van der Waals surface area contributed by atoms with Crippen LogP contribution in [0, 0.1) is 0 Å². The number of aliphatic hydroxyl groups is 1. The molecule has 1 aliphatic heterocycles. The smallest absolute Gasteiger partial charge is 0.0843 e. The Morgan fingerprint density at radius 2 is 2.29 bits per heavy atom. The lowest BCUT2D eigenvalue weighted by molar-refractivity contribution is -0.117. The molecule has 3 unspecified atom stereocenters. The highest BCUT2D eigenvalue weighted by molar-refractivity contribution is 4.93. The molecule has 14 heavy (non-hydrogen) atoms. The molecule has 1 saturated heterocycles. The Hall–Kier alpha value is -0.120. The Morgan fingerprint density at radius 1 is 1.57 bits per heavy atom. The Kier molecular flexibility index (Phi) is 4.35. The van der Waals surface area contributed by atoms with Gasteiger partial charge in [0.2, 0.25) is 0 Å². The van der Waals surface area contributed by atoms with E-state index in [1.54, 1.807) is 0 Å². The zero-order chi connectivity index (χ0) is 10.6. The predicted molar refractivity (Wildman–Crippen MR) is 57.4 cm³/mol. The second-order valence-corrected chi connectivity index (χ2v) is 4.24. The third kappa shape index (κ3) is 2.69. The lowest BCUT2D eigenvalue weighted by atomic mass is 9.83. The monoisotopic (exact) mass is 201 g/mol. The van der Waals surface area contributed by atoms with Crippen LogP contribution in [0.2, 0.25) is 0 Å². The quantitative estimate of drug-likeness (QED) is 0.720. The highest BCUT2D eigenvalue weighted by Crippen LogP contribution is 2.29. The van der Waals surface area contributed by atoms with Gasteiger partial charge in [0, 0.05) is 25.5 Å². The molecule has 3 atom stereocenters. The first-order valence-corrected chi connectivity index (χ1v) is 5.69. The summed E-state index contributed by atoms with van der Waals surface area (Å²) in [6, 6.07) is 0.158. The predicted octanol–water partition coefficient (Wildman–Crippen LogP) is 1.30. The average Bonchev–Trinajstić information content (AvgIpc) is 2.18. The van der Waals surface area contributed by atoms with Gasteiger partial charge >= 0.3 is 0 Å². The van der Waals surface area contributed by atoms with Crippen molar-refractivity contribution in [2.75, 3.05) is 13.2 Å². The van der Waals surface area contributed by atoms with E-state index in [1.165, 1.54) is 0 Å². The van der Waals surface area contributed by atoms with Crippen LogP contribution in [0.15, 0.2) is 0 Å². The Balaban J connectivity index is 2.53. The van der Waals surface area contributed by atoms with Crippen molar-refractivity contribution in [3.8, 4) is 0 Å². The van der Waals surface area contributed by atoms with Gasteiger partial charge in [-0.05, 0) is 19.9 Å². The standard InChI is InChI=1S/C11H23NO2/c1-4-10-8-11(13,6-7-14-10)9(3)12-5-2/h9-10,12-13H,4-8H2,1-3H3. The molecule has 0 aromatic heterocycles. The molecule has 1 heterocycles. The molecule has 0 amide bonds. The van der Waals surface area contributed by atoms with Crippen molar-refractivity contribution in [1.29, 1.82) is 0 Å². The molecule has 1 rings (SSSR count). The van der Waals surface area contributed by atoms with E-state index in [-0.39, 0.29) is 12.1 Å². The highest BCUT2D eigenvalue weighted by atomic mass is 16.5. The van der Waals surface area contributed by atoms with Crippen LogP contribution in [0.25, 0.3) is 0 Å². The zero-order valence-electron chi connectivity index (χ0n) is 9.55. The van der Waals surface area contributed by atoms with Gasteiger partial charge in [0.15, 0.2) is 0 Å². The first-order chi connectivity index (χ1) is 6.62. The molecule has 0 aromatic rings. The molecule has 1 aliphatic rings. The SMILES string of the molecule is CCNC(C)C1(O)CCOC(CC)C1. The van der Waals surface area contributed by atoms with Crippen molar-refractivity contribution < 1.29 is 9.84 Å². The van der Waals surface area contributed by atoms with Crippen molar-refractivity contribution in [1.82, 2.24) is 5.32 Å². The van der Waals surface area contributed by atoms with E-state index in [2.05, 4.69) is 26.1 Å². The fourth-order valence-corrected chi connectivity index (χ4v) is 2.11. The van der Waals surface area contributed by atoms with Crippen LogP contribution in [0.5, 0.6) is 0 Å². The number of hydrogen-bond acceptors (Lipinski definition) is 3. The van der Waals surface area contributed by atoms with Crippen molar-refractivity contribution in [3.05, 3.63) is 0 Å². The fourth-order valence-electron chi connectivity index (χ4n) is 2.11. The van der Waals surface area contributed by atoms with Gasteiger partial charge in [0.1, 0.15) is 0 Å². The van der Waals surface area contributed by atoms with Crippen LogP contribution >= 0.6 is 0 Å². The minimum atomic E-state index is -0.574. The first kappa shape index (κ1) is 12.0. The van der Waals surface area contributed by atoms with E-state index in [0.29, 0.717) is 6.61 Å². The summed E-state index contributed by atoms with van der Waals surface area (Å²) < 4.78 is 5.56. The molecule has 0 spiro atoms. The maximum atomic E-state index is 10.4. The molecule has 84 valence electrons. The van der Waals surface area contributed by atoms with Crippen molar-refractivity contribution >= 4 is 0 Å². The number of nitrogens with one attached hydrogen (secondary N) is 1. The third-order valence-electron chi connectivity index (χ3n) is 3.24. The van der Waals surface area contributed by atoms with Gasteiger partial charge in [-0.15, -0.1) is 0 Å². The fraction of sp³-hybridized carbons (Fsp3) is 1.00. The van der Waals surface area contributed by atoms with Gasteiger partial charge in [0.05, 0.1) is 11.7 Å². The van der Waals surface area contributed by atoms with Crippen molar-refractivity contribution in [2.24, 2.45) is 0 Å². The van der Waals surface area contributed by atoms with Gasteiger partial charge in [-0.1, -0.05) is 13.8 Å². The highest BCUT2D eigenvalue weighted by Gasteiger charge is 2.38. The number of ether oxygens (including phenoxy) is 1. The van der Waals surface area contributed by atoms with Crippen LogP contribution in [-0.4, -0.2) is 36.0 Å². The number of likely N-dealkylation sites (N-methyl/N-ethyl adjacent to an activating group) is 1.